The zero-order valence-corrected chi connectivity index (χ0v) is 15.9. The first-order chi connectivity index (χ1) is 11.2. The maximum atomic E-state index is 11.9. The molecule has 1 fully saturated rings. The number of nitrogens with one attached hydrogen (secondary N) is 3. The third-order valence-corrected chi connectivity index (χ3v) is 6.13. The van der Waals surface area contributed by atoms with Gasteiger partial charge in [-0.2, -0.15) is 0 Å². The average molecular weight is 390 g/mol. The van der Waals surface area contributed by atoms with Crippen molar-refractivity contribution in [1.29, 1.82) is 0 Å². The lowest BCUT2D eigenvalue weighted by molar-refractivity contribution is -0.122. The number of thiocarbonyl (C=S) groups is 1. The molecule has 1 aliphatic heterocycles. The normalized spacial score (nSPS) is 18.9. The van der Waals surface area contributed by atoms with Gasteiger partial charge >= 0.3 is 0 Å². The Kier molecular flexibility index (Phi) is 6.06. The molecule has 1 saturated heterocycles. The van der Waals surface area contributed by atoms with Crippen molar-refractivity contribution in [2.45, 2.75) is 26.7 Å². The van der Waals surface area contributed by atoms with Gasteiger partial charge in [-0.3, -0.25) is 15.6 Å². The summed E-state index contributed by atoms with van der Waals surface area (Å²) in [6.45, 7) is 3.85. The van der Waals surface area contributed by atoms with E-state index in [1.807, 2.05) is 26.0 Å². The van der Waals surface area contributed by atoms with Crippen LogP contribution in [-0.4, -0.2) is 30.9 Å². The number of carbonyl (C=O) groups is 1. The van der Waals surface area contributed by atoms with E-state index in [2.05, 4.69) is 16.2 Å². The quantitative estimate of drug-likeness (QED) is 0.542. The number of hydrazine groups is 1. The van der Waals surface area contributed by atoms with Gasteiger partial charge in [-0.25, -0.2) is 8.42 Å². The molecule has 0 aromatic heterocycles. The monoisotopic (exact) mass is 389 g/mol. The smallest absolute Gasteiger partial charge is 0.238 e. The highest BCUT2D eigenvalue weighted by Gasteiger charge is 2.29. The van der Waals surface area contributed by atoms with Crippen molar-refractivity contribution in [2.24, 2.45) is 5.92 Å². The minimum atomic E-state index is -2.98. The molecule has 1 aromatic rings. The molecule has 24 heavy (non-hydrogen) atoms. The maximum absolute atomic E-state index is 11.9. The number of aryl methyl sites for hydroxylation is 2. The SMILES string of the molecule is Cc1cc(C)c(NC(=S)NNC(=O)C[C@@H]2CCS(=O)(=O)C2)c(Cl)c1. The molecule has 0 aliphatic carbocycles. The fourth-order valence-corrected chi connectivity index (χ4v) is 5.07. The van der Waals surface area contributed by atoms with E-state index in [0.717, 1.165) is 11.1 Å². The fourth-order valence-electron chi connectivity index (χ4n) is 2.69. The second-order valence-electron chi connectivity index (χ2n) is 6.04. The van der Waals surface area contributed by atoms with Crippen molar-refractivity contribution in [2.75, 3.05) is 16.8 Å². The number of anilines is 1. The van der Waals surface area contributed by atoms with Gasteiger partial charge in [0, 0.05) is 6.42 Å². The highest BCUT2D eigenvalue weighted by molar-refractivity contribution is 7.91. The Hall–Kier alpha value is -1.38. The zero-order chi connectivity index (χ0) is 17.9. The van der Waals surface area contributed by atoms with Crippen LogP contribution in [0.4, 0.5) is 5.69 Å². The molecule has 1 atom stereocenters. The summed E-state index contributed by atoms with van der Waals surface area (Å²) in [4.78, 5) is 11.9. The molecule has 132 valence electrons. The Morgan fingerprint density at radius 1 is 1.33 bits per heavy atom. The van der Waals surface area contributed by atoms with Gasteiger partial charge in [0.05, 0.1) is 22.2 Å². The summed E-state index contributed by atoms with van der Waals surface area (Å²) in [6.07, 6.45) is 0.676. The third kappa shape index (κ3) is 5.32. The number of sulfone groups is 1. The van der Waals surface area contributed by atoms with Crippen molar-refractivity contribution in [3.63, 3.8) is 0 Å². The Balaban J connectivity index is 1.82. The molecule has 1 aliphatic rings. The molecule has 0 spiro atoms. The second kappa shape index (κ2) is 7.67. The van der Waals surface area contributed by atoms with E-state index >= 15 is 0 Å². The van der Waals surface area contributed by atoms with Gasteiger partial charge in [0.2, 0.25) is 5.91 Å². The first kappa shape index (κ1) is 19.0. The van der Waals surface area contributed by atoms with Crippen molar-refractivity contribution in [1.82, 2.24) is 10.9 Å². The standard InChI is InChI=1S/C15H20ClN3O3S2/c1-9-5-10(2)14(12(16)6-9)17-15(23)19-18-13(20)7-11-3-4-24(21,22)8-11/h5-6,11H,3-4,7-8H2,1-2H3,(H,18,20)(H2,17,19,23)/t11-/m0/s1. The molecule has 0 unspecified atom stereocenters. The van der Waals surface area contributed by atoms with Gasteiger partial charge in [0.1, 0.15) is 0 Å². The molecule has 6 nitrogen and oxygen atoms in total. The van der Waals surface area contributed by atoms with E-state index in [-0.39, 0.29) is 34.9 Å². The molecule has 1 amide bonds. The van der Waals surface area contributed by atoms with Crippen molar-refractivity contribution in [3.05, 3.63) is 28.3 Å². The number of carbonyl (C=O) groups excluding carboxylic acids is 1. The van der Waals surface area contributed by atoms with E-state index in [9.17, 15) is 13.2 Å². The van der Waals surface area contributed by atoms with Gasteiger partial charge in [0.15, 0.2) is 14.9 Å². The van der Waals surface area contributed by atoms with Gasteiger partial charge < -0.3 is 5.32 Å². The van der Waals surface area contributed by atoms with Gasteiger partial charge in [-0.15, -0.1) is 0 Å². The average Bonchev–Trinajstić information content (AvgIpc) is 2.79. The summed E-state index contributed by atoms with van der Waals surface area (Å²) in [5.41, 5.74) is 7.74. The maximum Gasteiger partial charge on any atom is 0.238 e. The van der Waals surface area contributed by atoms with Crippen LogP contribution in [0.3, 0.4) is 0 Å². The van der Waals surface area contributed by atoms with Crippen LogP contribution < -0.4 is 16.2 Å². The molecular formula is C15H20ClN3O3S2. The Morgan fingerprint density at radius 3 is 2.62 bits per heavy atom. The van der Waals surface area contributed by atoms with Crippen LogP contribution in [0, 0.1) is 19.8 Å². The van der Waals surface area contributed by atoms with E-state index in [1.165, 1.54) is 0 Å². The second-order valence-corrected chi connectivity index (χ2v) is 9.08. The van der Waals surface area contributed by atoms with Crippen LogP contribution in [0.5, 0.6) is 0 Å². The summed E-state index contributed by atoms with van der Waals surface area (Å²) in [6, 6.07) is 3.79. The van der Waals surface area contributed by atoms with Crippen LogP contribution in [0.2, 0.25) is 5.02 Å². The summed E-state index contributed by atoms with van der Waals surface area (Å²) in [5.74, 6) is -0.203. The Labute approximate surface area is 152 Å². The van der Waals surface area contributed by atoms with Crippen LogP contribution in [0.1, 0.15) is 24.0 Å². The molecule has 0 radical (unpaired) electrons. The van der Waals surface area contributed by atoms with Gasteiger partial charge in [-0.05, 0) is 55.6 Å². The molecule has 0 bridgehead atoms. The largest absolute Gasteiger partial charge is 0.330 e. The minimum Gasteiger partial charge on any atom is -0.330 e. The van der Waals surface area contributed by atoms with Gasteiger partial charge in [-0.1, -0.05) is 17.7 Å². The third-order valence-electron chi connectivity index (χ3n) is 3.79. The molecule has 3 N–H and O–H groups in total. The molecule has 0 saturated carbocycles. The molecular weight excluding hydrogens is 370 g/mol. The summed E-state index contributed by atoms with van der Waals surface area (Å²) < 4.78 is 22.8. The number of benzene rings is 1. The number of rotatable bonds is 3. The molecule has 2 rings (SSSR count). The zero-order valence-electron chi connectivity index (χ0n) is 13.5. The lowest BCUT2D eigenvalue weighted by atomic mass is 10.1. The van der Waals surface area contributed by atoms with Crippen molar-refractivity contribution >= 4 is 50.4 Å². The van der Waals surface area contributed by atoms with E-state index < -0.39 is 9.84 Å². The first-order valence-corrected chi connectivity index (χ1v) is 10.1. The van der Waals surface area contributed by atoms with Crippen LogP contribution >= 0.6 is 23.8 Å². The first-order valence-electron chi connectivity index (χ1n) is 7.49. The van der Waals surface area contributed by atoms with E-state index in [1.54, 1.807) is 0 Å². The highest BCUT2D eigenvalue weighted by atomic mass is 35.5. The van der Waals surface area contributed by atoms with Crippen molar-refractivity contribution < 1.29 is 13.2 Å². The van der Waals surface area contributed by atoms with E-state index in [0.29, 0.717) is 17.1 Å². The number of hydrogen-bond acceptors (Lipinski definition) is 4. The Morgan fingerprint density at radius 2 is 2.04 bits per heavy atom. The van der Waals surface area contributed by atoms with Gasteiger partial charge in [0.25, 0.3) is 0 Å². The molecule has 1 heterocycles. The lowest BCUT2D eigenvalue weighted by Gasteiger charge is -2.15. The van der Waals surface area contributed by atoms with E-state index in [4.69, 9.17) is 23.8 Å². The van der Waals surface area contributed by atoms with Crippen molar-refractivity contribution in [3.8, 4) is 0 Å². The topological polar surface area (TPSA) is 87.3 Å². The fraction of sp³-hybridized carbons (Fsp3) is 0.467. The predicted octanol–water partition coefficient (Wildman–Crippen LogP) is 2.10. The molecule has 9 heteroatoms. The van der Waals surface area contributed by atoms with Crippen LogP contribution in [-0.2, 0) is 14.6 Å². The minimum absolute atomic E-state index is 0.0707. The number of hydrogen-bond donors (Lipinski definition) is 3. The highest BCUT2D eigenvalue weighted by Crippen LogP contribution is 2.27. The Bertz CT molecular complexity index is 742. The summed E-state index contributed by atoms with van der Waals surface area (Å²) in [5, 5.41) is 3.69. The predicted molar refractivity (Wildman–Crippen MR) is 99.8 cm³/mol. The van der Waals surface area contributed by atoms with Crippen LogP contribution in [0.25, 0.3) is 0 Å². The number of amides is 1. The molecule has 1 aromatic carbocycles. The summed E-state index contributed by atoms with van der Waals surface area (Å²) >= 11 is 11.3. The van der Waals surface area contributed by atoms with Crippen LogP contribution in [0.15, 0.2) is 12.1 Å². The lowest BCUT2D eigenvalue weighted by Crippen LogP contribution is -2.44. The summed E-state index contributed by atoms with van der Waals surface area (Å²) in [7, 11) is -2.98. The number of halogens is 1.